The van der Waals surface area contributed by atoms with Crippen LogP contribution in [0.5, 0.6) is 0 Å². The monoisotopic (exact) mass is 318 g/mol. The maximum atomic E-state index is 13.2. The predicted octanol–water partition coefficient (Wildman–Crippen LogP) is 1.32. The van der Waals surface area contributed by atoms with Gasteiger partial charge in [-0.05, 0) is 25.0 Å². The zero-order valence-corrected chi connectivity index (χ0v) is 11.9. The molecule has 2 rings (SSSR count). The number of rotatable bonds is 5. The van der Waals surface area contributed by atoms with Gasteiger partial charge < -0.3 is 5.11 Å². The smallest absolute Gasteiger partial charge is 0.306 e. The van der Waals surface area contributed by atoms with E-state index in [9.17, 15) is 28.0 Å². The number of nitrogens with zero attached hydrogens (tertiary/aromatic N) is 1. The number of benzene rings is 1. The molecule has 0 unspecified atom stereocenters. The van der Waals surface area contributed by atoms with Crippen LogP contribution in [0.2, 0.25) is 0 Å². The first kappa shape index (κ1) is 15.8. The Bertz CT molecular complexity index is 656. The predicted molar refractivity (Wildman–Crippen MR) is 71.7 cm³/mol. The number of nitro groups is 1. The Kier molecular flexibility index (Phi) is 4.26. The molecular weight excluding hydrogens is 303 g/mol. The van der Waals surface area contributed by atoms with Crippen LogP contribution in [0.1, 0.15) is 25.7 Å². The van der Waals surface area contributed by atoms with Gasteiger partial charge >= 0.3 is 5.69 Å². The zero-order chi connectivity index (χ0) is 15.7. The highest BCUT2D eigenvalue weighted by molar-refractivity contribution is 7.89. The fraction of sp³-hybridized carbons (Fsp3) is 0.500. The molecule has 2 N–H and O–H groups in total. The number of sulfonamides is 1. The number of aliphatic hydroxyl groups is 1. The third-order valence-electron chi connectivity index (χ3n) is 3.55. The first-order valence-corrected chi connectivity index (χ1v) is 7.88. The molecule has 0 saturated heterocycles. The van der Waals surface area contributed by atoms with Gasteiger partial charge in [0.15, 0.2) is 0 Å². The van der Waals surface area contributed by atoms with Crippen LogP contribution in [0.25, 0.3) is 0 Å². The fourth-order valence-corrected chi connectivity index (χ4v) is 3.46. The van der Waals surface area contributed by atoms with Crippen molar-refractivity contribution in [1.82, 2.24) is 4.72 Å². The highest BCUT2D eigenvalue weighted by Crippen LogP contribution is 2.29. The van der Waals surface area contributed by atoms with Gasteiger partial charge in [-0.25, -0.2) is 13.1 Å². The van der Waals surface area contributed by atoms with E-state index in [4.69, 9.17) is 0 Å². The van der Waals surface area contributed by atoms with Crippen LogP contribution < -0.4 is 4.72 Å². The van der Waals surface area contributed by atoms with Gasteiger partial charge in [-0.1, -0.05) is 12.8 Å². The third-order valence-corrected chi connectivity index (χ3v) is 4.95. The third kappa shape index (κ3) is 3.55. The quantitative estimate of drug-likeness (QED) is 0.628. The Labute approximate surface area is 121 Å². The molecule has 1 aliphatic carbocycles. The topological polar surface area (TPSA) is 110 Å². The van der Waals surface area contributed by atoms with Crippen LogP contribution in [-0.4, -0.2) is 30.6 Å². The van der Waals surface area contributed by atoms with E-state index in [-0.39, 0.29) is 6.54 Å². The summed E-state index contributed by atoms with van der Waals surface area (Å²) in [6.45, 7) is -0.166. The molecule has 0 heterocycles. The minimum absolute atomic E-state index is 0.166. The molecule has 0 spiro atoms. The van der Waals surface area contributed by atoms with Crippen LogP contribution in [0.4, 0.5) is 10.1 Å². The number of halogens is 1. The zero-order valence-electron chi connectivity index (χ0n) is 11.1. The Hall–Kier alpha value is -1.58. The molecule has 1 aromatic rings. The number of nitro benzene ring substituents is 1. The maximum Gasteiger partial charge on any atom is 0.306 e. The van der Waals surface area contributed by atoms with Crippen molar-refractivity contribution < 1.29 is 22.8 Å². The van der Waals surface area contributed by atoms with Crippen molar-refractivity contribution in [3.63, 3.8) is 0 Å². The average molecular weight is 318 g/mol. The molecule has 0 bridgehead atoms. The number of hydrogen-bond acceptors (Lipinski definition) is 5. The minimum atomic E-state index is -4.04. The number of nitrogens with one attached hydrogen (secondary N) is 1. The largest absolute Gasteiger partial charge is 0.389 e. The SMILES string of the molecule is O=[N+]([O-])c1cc(S(=O)(=O)NCC2(O)CCCC2)ccc1F. The standard InChI is InChI=1S/C12H15FN2O5S/c13-10-4-3-9(7-11(10)15(17)18)21(19,20)14-8-12(16)5-1-2-6-12/h3-4,7,14,16H,1-2,5-6,8H2. The highest BCUT2D eigenvalue weighted by atomic mass is 32.2. The minimum Gasteiger partial charge on any atom is -0.389 e. The van der Waals surface area contributed by atoms with E-state index in [0.717, 1.165) is 25.0 Å². The second-order valence-corrected chi connectivity index (χ2v) is 6.89. The molecule has 0 atom stereocenters. The molecule has 1 aliphatic rings. The molecule has 1 saturated carbocycles. The Morgan fingerprint density at radius 1 is 1.38 bits per heavy atom. The van der Waals surface area contributed by atoms with Crippen molar-refractivity contribution in [3.05, 3.63) is 34.1 Å². The Morgan fingerprint density at radius 2 is 2.00 bits per heavy atom. The van der Waals surface area contributed by atoms with Crippen LogP contribution in [0.15, 0.2) is 23.1 Å². The molecule has 21 heavy (non-hydrogen) atoms. The van der Waals surface area contributed by atoms with Crippen molar-refractivity contribution in [2.45, 2.75) is 36.2 Å². The molecule has 1 fully saturated rings. The molecule has 0 radical (unpaired) electrons. The van der Waals surface area contributed by atoms with Crippen LogP contribution in [0.3, 0.4) is 0 Å². The first-order chi connectivity index (χ1) is 9.73. The average Bonchev–Trinajstić information content (AvgIpc) is 2.84. The van der Waals surface area contributed by atoms with Gasteiger partial charge in [0, 0.05) is 12.6 Å². The van der Waals surface area contributed by atoms with Crippen LogP contribution in [-0.2, 0) is 10.0 Å². The Morgan fingerprint density at radius 3 is 2.57 bits per heavy atom. The highest BCUT2D eigenvalue weighted by Gasteiger charge is 2.33. The van der Waals surface area contributed by atoms with E-state index in [1.807, 2.05) is 0 Å². The lowest BCUT2D eigenvalue weighted by Crippen LogP contribution is -2.40. The van der Waals surface area contributed by atoms with E-state index in [2.05, 4.69) is 4.72 Å². The van der Waals surface area contributed by atoms with E-state index >= 15 is 0 Å². The first-order valence-electron chi connectivity index (χ1n) is 6.40. The van der Waals surface area contributed by atoms with Gasteiger partial charge in [0.05, 0.1) is 15.4 Å². The normalized spacial score (nSPS) is 17.8. The summed E-state index contributed by atoms with van der Waals surface area (Å²) in [7, 11) is -4.04. The molecule has 0 aliphatic heterocycles. The van der Waals surface area contributed by atoms with Gasteiger partial charge in [0.2, 0.25) is 15.8 Å². The second-order valence-electron chi connectivity index (χ2n) is 5.13. The van der Waals surface area contributed by atoms with E-state index < -0.39 is 36.9 Å². The molecule has 116 valence electrons. The van der Waals surface area contributed by atoms with Crippen molar-refractivity contribution in [2.24, 2.45) is 0 Å². The summed E-state index contributed by atoms with van der Waals surface area (Å²) in [5, 5.41) is 20.7. The Balaban J connectivity index is 2.19. The van der Waals surface area contributed by atoms with Crippen molar-refractivity contribution in [3.8, 4) is 0 Å². The summed E-state index contributed by atoms with van der Waals surface area (Å²) in [5.41, 5.74) is -1.99. The van der Waals surface area contributed by atoms with Gasteiger partial charge in [0.25, 0.3) is 0 Å². The van der Waals surface area contributed by atoms with Crippen LogP contribution >= 0.6 is 0 Å². The van der Waals surface area contributed by atoms with E-state index in [1.54, 1.807) is 0 Å². The molecule has 7 nitrogen and oxygen atoms in total. The maximum absolute atomic E-state index is 13.2. The van der Waals surface area contributed by atoms with Crippen molar-refractivity contribution >= 4 is 15.7 Å². The summed E-state index contributed by atoms with van der Waals surface area (Å²) < 4.78 is 39.5. The fourth-order valence-electron chi connectivity index (χ4n) is 2.32. The van der Waals surface area contributed by atoms with Gasteiger partial charge in [-0.2, -0.15) is 4.39 Å². The summed E-state index contributed by atoms with van der Waals surface area (Å²) in [5.74, 6) is -1.10. The van der Waals surface area contributed by atoms with E-state index in [1.165, 1.54) is 0 Å². The lowest BCUT2D eigenvalue weighted by Gasteiger charge is -2.22. The molecule has 0 aromatic heterocycles. The van der Waals surface area contributed by atoms with Gasteiger partial charge in [-0.15, -0.1) is 0 Å². The van der Waals surface area contributed by atoms with E-state index in [0.29, 0.717) is 18.9 Å². The molecular formula is C12H15FN2O5S. The summed E-state index contributed by atoms with van der Waals surface area (Å²) in [6.07, 6.45) is 2.64. The lowest BCUT2D eigenvalue weighted by atomic mass is 10.0. The number of hydrogen-bond donors (Lipinski definition) is 2. The molecule has 1 aromatic carbocycles. The summed E-state index contributed by atoms with van der Waals surface area (Å²) in [6, 6.07) is 2.34. The summed E-state index contributed by atoms with van der Waals surface area (Å²) >= 11 is 0. The van der Waals surface area contributed by atoms with Crippen LogP contribution in [0, 0.1) is 15.9 Å². The summed E-state index contributed by atoms with van der Waals surface area (Å²) in [4.78, 5) is 9.24. The molecule has 0 amide bonds. The second kappa shape index (κ2) is 5.66. The molecule has 9 heteroatoms. The van der Waals surface area contributed by atoms with Crippen molar-refractivity contribution in [2.75, 3.05) is 6.54 Å². The van der Waals surface area contributed by atoms with Gasteiger partial charge in [-0.3, -0.25) is 10.1 Å². The van der Waals surface area contributed by atoms with Crippen molar-refractivity contribution in [1.29, 1.82) is 0 Å². The lowest BCUT2D eigenvalue weighted by molar-refractivity contribution is -0.387. The van der Waals surface area contributed by atoms with Gasteiger partial charge in [0.1, 0.15) is 0 Å².